The summed E-state index contributed by atoms with van der Waals surface area (Å²) >= 11 is 5.87. The molecule has 1 atom stereocenters. The van der Waals surface area contributed by atoms with Gasteiger partial charge in [0.2, 0.25) is 0 Å². The monoisotopic (exact) mass is 237 g/mol. The van der Waals surface area contributed by atoms with E-state index in [1.165, 1.54) is 29.7 Å². The molecular weight excluding hydrogens is 218 g/mol. The molecule has 1 saturated carbocycles. The second kappa shape index (κ2) is 4.67. The first-order chi connectivity index (χ1) is 7.63. The largest absolute Gasteiger partial charge is 0.372 e. The van der Waals surface area contributed by atoms with Gasteiger partial charge in [-0.15, -0.1) is 11.6 Å². The Morgan fingerprint density at radius 1 is 1.44 bits per heavy atom. The fourth-order valence-corrected chi connectivity index (χ4v) is 2.48. The van der Waals surface area contributed by atoms with Crippen LogP contribution in [0.4, 0.5) is 5.69 Å². The summed E-state index contributed by atoms with van der Waals surface area (Å²) in [6, 6.07) is 7.23. The van der Waals surface area contributed by atoms with Crippen LogP contribution in [-0.4, -0.2) is 13.1 Å². The molecular formula is C14H20ClN. The van der Waals surface area contributed by atoms with Crippen LogP contribution in [0, 0.1) is 12.8 Å². The summed E-state index contributed by atoms with van der Waals surface area (Å²) in [5.41, 5.74) is 3.84. The average Bonchev–Trinajstić information content (AvgIpc) is 3.11. The predicted octanol–water partition coefficient (Wildman–Crippen LogP) is 3.97. The van der Waals surface area contributed by atoms with Gasteiger partial charge in [-0.2, -0.15) is 0 Å². The maximum Gasteiger partial charge on any atom is 0.0476 e. The van der Waals surface area contributed by atoms with Crippen LogP contribution in [0.15, 0.2) is 18.2 Å². The van der Waals surface area contributed by atoms with E-state index in [4.69, 9.17) is 11.6 Å². The van der Waals surface area contributed by atoms with Gasteiger partial charge in [0.15, 0.2) is 0 Å². The van der Waals surface area contributed by atoms with Gasteiger partial charge in [0, 0.05) is 24.7 Å². The van der Waals surface area contributed by atoms with Crippen LogP contribution in [-0.2, 0) is 5.88 Å². The van der Waals surface area contributed by atoms with Gasteiger partial charge in [0.1, 0.15) is 0 Å². The third-order valence-electron chi connectivity index (χ3n) is 3.79. The van der Waals surface area contributed by atoms with Crippen LogP contribution in [0.1, 0.15) is 30.9 Å². The van der Waals surface area contributed by atoms with Crippen molar-refractivity contribution >= 4 is 17.3 Å². The molecule has 88 valence electrons. The van der Waals surface area contributed by atoms with Gasteiger partial charge < -0.3 is 4.90 Å². The van der Waals surface area contributed by atoms with Gasteiger partial charge in [0.25, 0.3) is 0 Å². The van der Waals surface area contributed by atoms with Crippen LogP contribution < -0.4 is 4.90 Å². The summed E-state index contributed by atoms with van der Waals surface area (Å²) in [5.74, 6) is 1.51. The summed E-state index contributed by atoms with van der Waals surface area (Å²) in [6.07, 6.45) is 2.79. The van der Waals surface area contributed by atoms with Gasteiger partial charge in [-0.25, -0.2) is 0 Å². The minimum atomic E-state index is 0.605. The molecule has 0 heterocycles. The van der Waals surface area contributed by atoms with Crippen molar-refractivity contribution in [2.24, 2.45) is 5.92 Å². The summed E-state index contributed by atoms with van der Waals surface area (Å²) in [7, 11) is 2.19. The van der Waals surface area contributed by atoms with Gasteiger partial charge in [-0.05, 0) is 55.9 Å². The third-order valence-corrected chi connectivity index (χ3v) is 4.08. The first-order valence-corrected chi connectivity index (χ1v) is 6.55. The van der Waals surface area contributed by atoms with E-state index in [9.17, 15) is 0 Å². The first-order valence-electron chi connectivity index (χ1n) is 6.02. The number of hydrogen-bond acceptors (Lipinski definition) is 1. The molecule has 2 heteroatoms. The van der Waals surface area contributed by atoms with Crippen molar-refractivity contribution in [3.63, 3.8) is 0 Å². The number of benzene rings is 1. The molecule has 0 aromatic heterocycles. The maximum absolute atomic E-state index is 5.87. The van der Waals surface area contributed by atoms with Gasteiger partial charge in [-0.3, -0.25) is 0 Å². The van der Waals surface area contributed by atoms with E-state index in [1.54, 1.807) is 0 Å². The van der Waals surface area contributed by atoms with Crippen molar-refractivity contribution < 1.29 is 0 Å². The Hall–Kier alpha value is -0.690. The minimum Gasteiger partial charge on any atom is -0.372 e. The molecule has 1 aliphatic rings. The number of rotatable bonds is 4. The molecule has 1 fully saturated rings. The van der Waals surface area contributed by atoms with Crippen molar-refractivity contribution in [2.45, 2.75) is 38.6 Å². The number of alkyl halides is 1. The molecule has 1 aromatic rings. The second-order valence-electron chi connectivity index (χ2n) is 4.93. The molecule has 0 saturated heterocycles. The maximum atomic E-state index is 5.87. The van der Waals surface area contributed by atoms with Crippen LogP contribution in [0.5, 0.6) is 0 Å². The van der Waals surface area contributed by atoms with Crippen molar-refractivity contribution in [1.82, 2.24) is 0 Å². The standard InChI is InChI=1S/C14H20ClN/c1-10-8-14(7-6-13(10)9-15)16(3)11(2)12-4-5-12/h6-8,11-12H,4-5,9H2,1-3H3. The van der Waals surface area contributed by atoms with Crippen LogP contribution in [0.25, 0.3) is 0 Å². The average molecular weight is 238 g/mol. The summed E-state index contributed by atoms with van der Waals surface area (Å²) in [6.45, 7) is 4.46. The Bertz CT molecular complexity index is 371. The SMILES string of the molecule is Cc1cc(N(C)C(C)C2CC2)ccc1CCl. The highest BCUT2D eigenvalue weighted by Gasteiger charge is 2.30. The Balaban J connectivity index is 2.16. The van der Waals surface area contributed by atoms with E-state index in [-0.39, 0.29) is 0 Å². The molecule has 0 aliphatic heterocycles. The predicted molar refractivity (Wildman–Crippen MR) is 71.3 cm³/mol. The smallest absolute Gasteiger partial charge is 0.0476 e. The number of halogens is 1. The van der Waals surface area contributed by atoms with E-state index in [1.807, 2.05) is 0 Å². The second-order valence-corrected chi connectivity index (χ2v) is 5.20. The molecule has 2 rings (SSSR count). The molecule has 0 radical (unpaired) electrons. The number of hydrogen-bond donors (Lipinski definition) is 0. The molecule has 0 bridgehead atoms. The Kier molecular flexibility index (Phi) is 3.44. The molecule has 0 amide bonds. The lowest BCUT2D eigenvalue weighted by molar-refractivity contribution is 0.609. The molecule has 1 aromatic carbocycles. The highest BCUT2D eigenvalue weighted by Crippen LogP contribution is 2.36. The highest BCUT2D eigenvalue weighted by atomic mass is 35.5. The summed E-state index contributed by atoms with van der Waals surface area (Å²) in [4.78, 5) is 2.39. The van der Waals surface area contributed by atoms with Crippen LogP contribution >= 0.6 is 11.6 Å². The molecule has 1 nitrogen and oxygen atoms in total. The van der Waals surface area contributed by atoms with Crippen molar-refractivity contribution in [1.29, 1.82) is 0 Å². The van der Waals surface area contributed by atoms with E-state index in [2.05, 4.69) is 44.0 Å². The van der Waals surface area contributed by atoms with E-state index in [0.717, 1.165) is 5.92 Å². The lowest BCUT2D eigenvalue weighted by Crippen LogP contribution is -2.30. The highest BCUT2D eigenvalue weighted by molar-refractivity contribution is 6.17. The zero-order valence-electron chi connectivity index (χ0n) is 10.3. The number of nitrogens with zero attached hydrogens (tertiary/aromatic N) is 1. The Morgan fingerprint density at radius 3 is 2.62 bits per heavy atom. The zero-order chi connectivity index (χ0) is 11.7. The summed E-state index contributed by atoms with van der Waals surface area (Å²) < 4.78 is 0. The van der Waals surface area contributed by atoms with Crippen molar-refractivity contribution in [3.05, 3.63) is 29.3 Å². The molecule has 16 heavy (non-hydrogen) atoms. The minimum absolute atomic E-state index is 0.605. The molecule has 0 N–H and O–H groups in total. The van der Waals surface area contributed by atoms with Crippen molar-refractivity contribution in [3.8, 4) is 0 Å². The topological polar surface area (TPSA) is 3.24 Å². The van der Waals surface area contributed by atoms with Gasteiger partial charge in [-0.1, -0.05) is 6.07 Å². The normalized spacial score (nSPS) is 17.2. The molecule has 1 unspecified atom stereocenters. The van der Waals surface area contributed by atoms with E-state index >= 15 is 0 Å². The Labute approximate surface area is 103 Å². The Morgan fingerprint density at radius 2 is 2.12 bits per heavy atom. The quantitative estimate of drug-likeness (QED) is 0.717. The van der Waals surface area contributed by atoms with Crippen LogP contribution in [0.2, 0.25) is 0 Å². The van der Waals surface area contributed by atoms with Gasteiger partial charge >= 0.3 is 0 Å². The lowest BCUT2D eigenvalue weighted by Gasteiger charge is -2.27. The van der Waals surface area contributed by atoms with E-state index in [0.29, 0.717) is 11.9 Å². The number of aryl methyl sites for hydroxylation is 1. The van der Waals surface area contributed by atoms with Crippen LogP contribution in [0.3, 0.4) is 0 Å². The van der Waals surface area contributed by atoms with Gasteiger partial charge in [0.05, 0.1) is 0 Å². The zero-order valence-corrected chi connectivity index (χ0v) is 11.1. The van der Waals surface area contributed by atoms with Crippen molar-refractivity contribution in [2.75, 3.05) is 11.9 Å². The fourth-order valence-electron chi connectivity index (χ4n) is 2.18. The lowest BCUT2D eigenvalue weighted by atomic mass is 10.1. The number of anilines is 1. The summed E-state index contributed by atoms with van der Waals surface area (Å²) in [5, 5.41) is 0. The molecule has 0 spiro atoms. The third kappa shape index (κ3) is 2.35. The fraction of sp³-hybridized carbons (Fsp3) is 0.571. The van der Waals surface area contributed by atoms with E-state index < -0.39 is 0 Å². The first kappa shape index (κ1) is 11.8. The molecule has 1 aliphatic carbocycles.